The number of rotatable bonds is 8. The first-order chi connectivity index (χ1) is 23.4. The lowest BCUT2D eigenvalue weighted by molar-refractivity contribution is -0.0177. The van der Waals surface area contributed by atoms with Crippen molar-refractivity contribution in [2.24, 2.45) is 0 Å². The monoisotopic (exact) mass is 777 g/mol. The Morgan fingerprint density at radius 2 is 1.57 bits per heavy atom. The number of ether oxygens (including phenoxy) is 2. The van der Waals surface area contributed by atoms with Crippen molar-refractivity contribution in [2.75, 3.05) is 18.4 Å². The van der Waals surface area contributed by atoms with E-state index < -0.39 is 29.5 Å². The van der Waals surface area contributed by atoms with Gasteiger partial charge in [0, 0.05) is 24.8 Å². The summed E-state index contributed by atoms with van der Waals surface area (Å²) in [6, 6.07) is 24.5. The van der Waals surface area contributed by atoms with E-state index in [-0.39, 0.29) is 30.9 Å². The lowest BCUT2D eigenvalue weighted by Crippen LogP contribution is -2.58. The molecular formula is C37H40IN5O6. The van der Waals surface area contributed by atoms with E-state index in [1.807, 2.05) is 98.8 Å². The number of piperazine rings is 1. The molecule has 1 aromatic heterocycles. The van der Waals surface area contributed by atoms with E-state index in [9.17, 15) is 19.2 Å². The number of carbonyl (C=O) groups excluding carboxylic acids is 3. The van der Waals surface area contributed by atoms with Crippen molar-refractivity contribution in [1.82, 2.24) is 19.4 Å². The highest BCUT2D eigenvalue weighted by Gasteiger charge is 2.41. The molecule has 3 amide bonds. The number of aromatic nitrogens is 2. The second-order valence-electron chi connectivity index (χ2n) is 12.8. The van der Waals surface area contributed by atoms with Crippen molar-refractivity contribution >= 4 is 46.5 Å². The number of anilines is 1. The molecule has 0 bridgehead atoms. The van der Waals surface area contributed by atoms with E-state index in [4.69, 9.17) is 9.47 Å². The summed E-state index contributed by atoms with van der Waals surface area (Å²) in [5.74, 6) is -0.197. The number of carbonyl (C=O) groups is 3. The number of halogens is 1. The van der Waals surface area contributed by atoms with Gasteiger partial charge in [0.05, 0.1) is 21.3 Å². The van der Waals surface area contributed by atoms with Crippen LogP contribution < -0.4 is 11.0 Å². The molecule has 1 fully saturated rings. The predicted molar refractivity (Wildman–Crippen MR) is 195 cm³/mol. The molecule has 1 aliphatic rings. The fraction of sp³-hybridized carbons (Fsp3) is 0.324. The van der Waals surface area contributed by atoms with Gasteiger partial charge in [-0.25, -0.2) is 14.4 Å². The molecule has 49 heavy (non-hydrogen) atoms. The van der Waals surface area contributed by atoms with Crippen LogP contribution >= 0.6 is 22.6 Å². The van der Waals surface area contributed by atoms with E-state index in [1.54, 1.807) is 52.4 Å². The molecule has 1 saturated heterocycles. The number of amides is 3. The molecule has 3 aromatic carbocycles. The van der Waals surface area contributed by atoms with Gasteiger partial charge in [0.25, 0.3) is 5.91 Å². The van der Waals surface area contributed by atoms with Crippen molar-refractivity contribution in [2.45, 2.75) is 64.8 Å². The van der Waals surface area contributed by atoms with Crippen LogP contribution in [0.5, 0.6) is 0 Å². The first-order valence-corrected chi connectivity index (χ1v) is 17.2. The van der Waals surface area contributed by atoms with E-state index in [1.165, 1.54) is 4.57 Å². The Morgan fingerprint density at radius 1 is 0.918 bits per heavy atom. The van der Waals surface area contributed by atoms with Crippen LogP contribution in [0.3, 0.4) is 0 Å². The van der Waals surface area contributed by atoms with Crippen LogP contribution in [0.4, 0.5) is 15.4 Å². The zero-order valence-corrected chi connectivity index (χ0v) is 30.1. The average Bonchev–Trinajstić information content (AvgIpc) is 3.08. The zero-order valence-electron chi connectivity index (χ0n) is 28.0. The molecule has 12 heteroatoms. The highest BCUT2D eigenvalue weighted by molar-refractivity contribution is 14.1. The Morgan fingerprint density at radius 3 is 2.20 bits per heavy atom. The summed E-state index contributed by atoms with van der Waals surface area (Å²) in [6.45, 7) is 8.13. The smallest absolute Gasteiger partial charge is 0.410 e. The third-order valence-corrected chi connectivity index (χ3v) is 8.74. The molecule has 0 aliphatic carbocycles. The molecule has 2 atom stereocenters. The number of nitrogens with zero attached hydrogens (tertiary/aromatic N) is 4. The van der Waals surface area contributed by atoms with Gasteiger partial charge < -0.3 is 19.7 Å². The van der Waals surface area contributed by atoms with Crippen LogP contribution in [-0.4, -0.2) is 62.2 Å². The molecule has 0 radical (unpaired) electrons. The second kappa shape index (κ2) is 15.7. The minimum atomic E-state index is -0.682. The third-order valence-electron chi connectivity index (χ3n) is 7.95. The zero-order chi connectivity index (χ0) is 35.1. The van der Waals surface area contributed by atoms with Gasteiger partial charge in [0.2, 0.25) is 0 Å². The highest BCUT2D eigenvalue weighted by atomic mass is 127. The molecule has 1 aliphatic heterocycles. The van der Waals surface area contributed by atoms with Gasteiger partial charge >= 0.3 is 17.9 Å². The number of hydrogen-bond donors (Lipinski definition) is 1. The fourth-order valence-electron chi connectivity index (χ4n) is 5.67. The quantitative estimate of drug-likeness (QED) is 0.188. The molecule has 256 valence electrons. The van der Waals surface area contributed by atoms with Crippen LogP contribution in [-0.2, 0) is 16.1 Å². The van der Waals surface area contributed by atoms with Crippen LogP contribution in [0.15, 0.2) is 95.9 Å². The summed E-state index contributed by atoms with van der Waals surface area (Å²) in [5, 5.41) is 2.71. The van der Waals surface area contributed by atoms with Crippen LogP contribution in [0.25, 0.3) is 5.69 Å². The Bertz CT molecular complexity index is 1830. The first-order valence-electron chi connectivity index (χ1n) is 16.2. The lowest BCUT2D eigenvalue weighted by Gasteiger charge is -2.46. The molecule has 1 N–H and O–H groups in total. The molecule has 0 saturated carbocycles. The Hall–Kier alpha value is -4.72. The number of nitrogens with one attached hydrogen (secondary N) is 1. The maximum atomic E-state index is 13.8. The van der Waals surface area contributed by atoms with Gasteiger partial charge in [-0.15, -0.1) is 0 Å². The summed E-state index contributed by atoms with van der Waals surface area (Å²) >= 11 is 2.03. The number of benzene rings is 3. The van der Waals surface area contributed by atoms with Gasteiger partial charge in [-0.1, -0.05) is 74.0 Å². The topological polar surface area (TPSA) is 123 Å². The Balaban J connectivity index is 1.43. The van der Waals surface area contributed by atoms with Gasteiger partial charge in [-0.2, -0.15) is 4.98 Å². The van der Waals surface area contributed by atoms with E-state index in [0.717, 1.165) is 17.5 Å². The van der Waals surface area contributed by atoms with E-state index in [0.29, 0.717) is 27.8 Å². The van der Waals surface area contributed by atoms with Gasteiger partial charge in [-0.05, 0) is 85.2 Å². The molecule has 11 nitrogen and oxygen atoms in total. The fourth-order valence-corrected chi connectivity index (χ4v) is 6.21. The Labute approximate surface area is 299 Å². The maximum absolute atomic E-state index is 13.8. The normalized spacial score (nSPS) is 16.2. The average molecular weight is 778 g/mol. The SMILES string of the molecule is CCC[C@@H]1CN(C(=O)OC(C)(C)C)C[C@@H](c2ccc(-n3cc(I)c(NC(=O)c4ccccc4)nc3=O)cc2)N1C(=O)OCc1ccccc1. The lowest BCUT2D eigenvalue weighted by atomic mass is 9.97. The van der Waals surface area contributed by atoms with Gasteiger partial charge in [0.15, 0.2) is 5.82 Å². The minimum Gasteiger partial charge on any atom is -0.445 e. The summed E-state index contributed by atoms with van der Waals surface area (Å²) in [7, 11) is 0. The standard InChI is InChI=1S/C37H40IN5O6/c1-5-12-29-21-41(35(46)49-37(2,3)4)23-31(43(29)36(47)48-24-25-13-8-6-9-14-25)26-17-19-28(20-18-26)42-22-30(38)32(40-34(42)45)39-33(44)27-15-10-7-11-16-27/h6-11,13-20,22,29,31H,5,12,21,23-24H2,1-4H3,(H,39,40,44,45)/t29-,31+/m1/s1. The van der Waals surface area contributed by atoms with Crippen LogP contribution in [0.2, 0.25) is 0 Å². The first kappa shape index (κ1) is 35.6. The van der Waals surface area contributed by atoms with Crippen molar-refractivity contribution in [1.29, 1.82) is 0 Å². The van der Waals surface area contributed by atoms with E-state index >= 15 is 0 Å². The molecule has 0 unspecified atom stereocenters. The van der Waals surface area contributed by atoms with Crippen molar-refractivity contribution < 1.29 is 23.9 Å². The minimum absolute atomic E-state index is 0.118. The maximum Gasteiger partial charge on any atom is 0.410 e. The Kier molecular flexibility index (Phi) is 11.4. The summed E-state index contributed by atoms with van der Waals surface area (Å²) < 4.78 is 13.5. The highest BCUT2D eigenvalue weighted by Crippen LogP contribution is 2.33. The summed E-state index contributed by atoms with van der Waals surface area (Å²) in [6.07, 6.45) is 2.14. The van der Waals surface area contributed by atoms with Gasteiger partial charge in [-0.3, -0.25) is 14.3 Å². The molecular weight excluding hydrogens is 737 g/mol. The van der Waals surface area contributed by atoms with E-state index in [2.05, 4.69) is 10.3 Å². The van der Waals surface area contributed by atoms with Crippen molar-refractivity contribution in [3.63, 3.8) is 0 Å². The molecule has 0 spiro atoms. The van der Waals surface area contributed by atoms with Crippen molar-refractivity contribution in [3.8, 4) is 5.69 Å². The van der Waals surface area contributed by atoms with Crippen molar-refractivity contribution in [3.05, 3.63) is 122 Å². The van der Waals surface area contributed by atoms with Gasteiger partial charge in [0.1, 0.15) is 12.2 Å². The van der Waals surface area contributed by atoms with Crippen LogP contribution in [0.1, 0.15) is 68.1 Å². The molecule has 2 heterocycles. The predicted octanol–water partition coefficient (Wildman–Crippen LogP) is 7.19. The second-order valence-corrected chi connectivity index (χ2v) is 14.0. The van der Waals surface area contributed by atoms with Crippen LogP contribution in [0, 0.1) is 3.57 Å². The molecule has 5 rings (SSSR count). The molecule has 4 aromatic rings. The number of hydrogen-bond acceptors (Lipinski definition) is 7. The summed E-state index contributed by atoms with van der Waals surface area (Å²) in [4.78, 5) is 60.5. The largest absolute Gasteiger partial charge is 0.445 e. The summed E-state index contributed by atoms with van der Waals surface area (Å²) in [5.41, 5.74) is 1.38. The third kappa shape index (κ3) is 9.05.